The Hall–Kier alpha value is -4.06. The summed E-state index contributed by atoms with van der Waals surface area (Å²) < 4.78 is 27.7. The predicted molar refractivity (Wildman–Crippen MR) is 131 cm³/mol. The largest absolute Gasteiger partial charge is 0.496 e. The Morgan fingerprint density at radius 1 is 1.17 bits per heavy atom. The lowest BCUT2D eigenvalue weighted by Gasteiger charge is -2.11. The van der Waals surface area contributed by atoms with Crippen LogP contribution in [0.2, 0.25) is 0 Å². The number of hydrogen-bond donors (Lipinski definition) is 2. The minimum atomic E-state index is -0.279. The molecule has 0 amide bonds. The molecule has 0 aliphatic carbocycles. The van der Waals surface area contributed by atoms with E-state index in [0.717, 1.165) is 26.5 Å². The maximum atomic E-state index is 14.6. The molecular formula is C23H23FN8O2S. The molecule has 0 radical (unpaired) electrons. The molecule has 180 valence electrons. The van der Waals surface area contributed by atoms with Crippen molar-refractivity contribution in [2.24, 2.45) is 0 Å². The third-order valence-electron chi connectivity index (χ3n) is 5.50. The summed E-state index contributed by atoms with van der Waals surface area (Å²) in [5.74, 6) is 2.18. The SMILES string of the molecule is CCOc1cc(-c2cc(NCCn3c(C)cc4c(OC)ccc(F)c43)ncn2)sc1-c1nn[nH]n1. The number of halogens is 1. The molecular weight excluding hydrogens is 471 g/mol. The van der Waals surface area contributed by atoms with Gasteiger partial charge in [-0.25, -0.2) is 14.4 Å². The average molecular weight is 495 g/mol. The first kappa shape index (κ1) is 22.7. The lowest BCUT2D eigenvalue weighted by atomic mass is 10.2. The van der Waals surface area contributed by atoms with Crippen LogP contribution in [0.3, 0.4) is 0 Å². The molecule has 5 aromatic rings. The fourth-order valence-electron chi connectivity index (χ4n) is 3.97. The third kappa shape index (κ3) is 4.39. The maximum absolute atomic E-state index is 14.6. The smallest absolute Gasteiger partial charge is 0.218 e. The Morgan fingerprint density at radius 3 is 2.83 bits per heavy atom. The van der Waals surface area contributed by atoms with Gasteiger partial charge in [0.25, 0.3) is 0 Å². The molecule has 0 aliphatic rings. The Labute approximate surface area is 204 Å². The molecule has 10 nitrogen and oxygen atoms in total. The van der Waals surface area contributed by atoms with Gasteiger partial charge in [-0.1, -0.05) is 0 Å². The first-order chi connectivity index (χ1) is 17.1. The van der Waals surface area contributed by atoms with Crippen LogP contribution < -0.4 is 14.8 Å². The van der Waals surface area contributed by atoms with Crippen molar-refractivity contribution in [2.75, 3.05) is 25.6 Å². The highest BCUT2D eigenvalue weighted by Crippen LogP contribution is 2.41. The fraction of sp³-hybridized carbons (Fsp3) is 0.261. The molecule has 4 aromatic heterocycles. The summed E-state index contributed by atoms with van der Waals surface area (Å²) >= 11 is 1.46. The summed E-state index contributed by atoms with van der Waals surface area (Å²) in [6.45, 7) is 5.48. The number of fused-ring (bicyclic) bond motifs is 1. The first-order valence-corrected chi connectivity index (χ1v) is 11.8. The third-order valence-corrected chi connectivity index (χ3v) is 6.64. The van der Waals surface area contributed by atoms with Crippen molar-refractivity contribution >= 4 is 28.1 Å². The highest BCUT2D eigenvalue weighted by molar-refractivity contribution is 7.19. The Bertz CT molecular complexity index is 1460. The van der Waals surface area contributed by atoms with E-state index in [9.17, 15) is 4.39 Å². The second kappa shape index (κ2) is 9.66. The summed E-state index contributed by atoms with van der Waals surface area (Å²) in [6, 6.07) is 8.80. The van der Waals surface area contributed by atoms with Crippen LogP contribution in [0.25, 0.3) is 32.2 Å². The van der Waals surface area contributed by atoms with Crippen LogP contribution in [0.15, 0.2) is 36.7 Å². The van der Waals surface area contributed by atoms with Crippen molar-refractivity contribution in [1.29, 1.82) is 0 Å². The first-order valence-electron chi connectivity index (χ1n) is 11.0. The van der Waals surface area contributed by atoms with E-state index in [1.165, 1.54) is 23.7 Å². The molecule has 1 aromatic carbocycles. The van der Waals surface area contributed by atoms with Gasteiger partial charge < -0.3 is 19.4 Å². The van der Waals surface area contributed by atoms with Crippen molar-refractivity contribution in [3.05, 3.63) is 48.2 Å². The summed E-state index contributed by atoms with van der Waals surface area (Å²) in [4.78, 5) is 10.4. The van der Waals surface area contributed by atoms with E-state index >= 15 is 0 Å². The quantitative estimate of drug-likeness (QED) is 0.312. The van der Waals surface area contributed by atoms with E-state index in [1.807, 2.05) is 36.6 Å². The number of anilines is 1. The fourth-order valence-corrected chi connectivity index (χ4v) is 4.97. The number of benzene rings is 1. The molecule has 4 heterocycles. The van der Waals surface area contributed by atoms with E-state index in [2.05, 4.69) is 35.9 Å². The van der Waals surface area contributed by atoms with Gasteiger partial charge in [-0.3, -0.25) is 0 Å². The lowest BCUT2D eigenvalue weighted by Crippen LogP contribution is -2.12. The number of nitrogens with zero attached hydrogens (tertiary/aromatic N) is 6. The number of H-pyrrole nitrogens is 1. The summed E-state index contributed by atoms with van der Waals surface area (Å²) in [5, 5.41) is 18.3. The van der Waals surface area contributed by atoms with Crippen LogP contribution in [-0.4, -0.2) is 55.4 Å². The van der Waals surface area contributed by atoms with Crippen LogP contribution in [0.1, 0.15) is 12.6 Å². The number of rotatable bonds is 9. The average Bonchev–Trinajstić information content (AvgIpc) is 3.60. The molecule has 35 heavy (non-hydrogen) atoms. The number of aromatic nitrogens is 7. The summed E-state index contributed by atoms with van der Waals surface area (Å²) in [7, 11) is 1.59. The highest BCUT2D eigenvalue weighted by atomic mass is 32.1. The second-order valence-electron chi connectivity index (χ2n) is 7.64. The van der Waals surface area contributed by atoms with E-state index in [4.69, 9.17) is 9.47 Å². The molecule has 0 unspecified atom stereocenters. The van der Waals surface area contributed by atoms with Gasteiger partial charge in [0.2, 0.25) is 5.82 Å². The standard InChI is InChI=1S/C23H23FN8O2S/c1-4-34-18-11-19(35-22(18)23-28-30-31-29-23)16-10-20(27-12-26-16)25-7-8-32-13(2)9-14-17(33-3)6-5-15(24)21(14)32/h5-6,9-12H,4,7-8H2,1-3H3,(H,25,26,27)(H,28,29,30,31). The summed E-state index contributed by atoms with van der Waals surface area (Å²) in [6.07, 6.45) is 1.51. The Balaban J connectivity index is 1.35. The number of methoxy groups -OCH3 is 1. The van der Waals surface area contributed by atoms with Gasteiger partial charge in [0.15, 0.2) is 0 Å². The van der Waals surface area contributed by atoms with Gasteiger partial charge in [-0.2, -0.15) is 5.21 Å². The minimum Gasteiger partial charge on any atom is -0.496 e. The number of aryl methyl sites for hydroxylation is 1. The van der Waals surface area contributed by atoms with Crippen molar-refractivity contribution < 1.29 is 13.9 Å². The molecule has 5 rings (SSSR count). The van der Waals surface area contributed by atoms with Crippen molar-refractivity contribution in [1.82, 2.24) is 35.2 Å². The van der Waals surface area contributed by atoms with Crippen molar-refractivity contribution in [3.8, 4) is 32.8 Å². The van der Waals surface area contributed by atoms with E-state index in [0.29, 0.717) is 48.4 Å². The molecule has 12 heteroatoms. The molecule has 2 N–H and O–H groups in total. The van der Waals surface area contributed by atoms with Crippen LogP contribution in [0.5, 0.6) is 11.5 Å². The highest BCUT2D eigenvalue weighted by Gasteiger charge is 2.18. The molecule has 0 spiro atoms. The van der Waals surface area contributed by atoms with Gasteiger partial charge in [-0.15, -0.1) is 21.5 Å². The van der Waals surface area contributed by atoms with Crippen LogP contribution in [0, 0.1) is 12.7 Å². The number of thiophene rings is 1. The normalized spacial score (nSPS) is 11.2. The van der Waals surface area contributed by atoms with E-state index in [-0.39, 0.29) is 5.82 Å². The molecule has 0 fully saturated rings. The Morgan fingerprint density at radius 2 is 2.06 bits per heavy atom. The van der Waals surface area contributed by atoms with Crippen molar-refractivity contribution in [3.63, 3.8) is 0 Å². The van der Waals surface area contributed by atoms with Crippen LogP contribution in [-0.2, 0) is 6.54 Å². The van der Waals surface area contributed by atoms with Gasteiger partial charge in [0, 0.05) is 36.3 Å². The topological polar surface area (TPSA) is 116 Å². The Kier molecular flexibility index (Phi) is 6.27. The van der Waals surface area contributed by atoms with E-state index < -0.39 is 0 Å². The lowest BCUT2D eigenvalue weighted by molar-refractivity contribution is 0.343. The number of aromatic amines is 1. The number of tetrazole rings is 1. The maximum Gasteiger partial charge on any atom is 0.218 e. The minimum absolute atomic E-state index is 0.279. The van der Waals surface area contributed by atoms with Gasteiger partial charge in [0.05, 0.1) is 29.8 Å². The number of nitrogens with one attached hydrogen (secondary N) is 2. The zero-order valence-electron chi connectivity index (χ0n) is 19.4. The second-order valence-corrected chi connectivity index (χ2v) is 8.69. The van der Waals surface area contributed by atoms with Gasteiger partial charge >= 0.3 is 0 Å². The molecule has 0 saturated carbocycles. The molecule has 0 aliphatic heterocycles. The molecule has 0 bridgehead atoms. The molecule has 0 saturated heterocycles. The number of ether oxygens (including phenoxy) is 2. The zero-order chi connectivity index (χ0) is 24.4. The monoisotopic (exact) mass is 494 g/mol. The van der Waals surface area contributed by atoms with Crippen molar-refractivity contribution in [2.45, 2.75) is 20.4 Å². The van der Waals surface area contributed by atoms with Crippen LogP contribution >= 0.6 is 11.3 Å². The predicted octanol–water partition coefficient (Wildman–Crippen LogP) is 4.31. The number of hydrogen-bond acceptors (Lipinski definition) is 9. The summed E-state index contributed by atoms with van der Waals surface area (Å²) in [5.41, 5.74) is 2.22. The van der Waals surface area contributed by atoms with Crippen LogP contribution in [0.4, 0.5) is 10.2 Å². The van der Waals surface area contributed by atoms with E-state index in [1.54, 1.807) is 13.2 Å². The van der Waals surface area contributed by atoms with Gasteiger partial charge in [-0.05, 0) is 37.3 Å². The molecule has 0 atom stereocenters. The zero-order valence-corrected chi connectivity index (χ0v) is 20.2. The van der Waals surface area contributed by atoms with Gasteiger partial charge in [0.1, 0.15) is 34.3 Å².